The summed E-state index contributed by atoms with van der Waals surface area (Å²) < 4.78 is 6.56. The molecule has 10 nitrogen and oxygen atoms in total. The van der Waals surface area contributed by atoms with Gasteiger partial charge in [-0.2, -0.15) is 0 Å². The third kappa shape index (κ3) is 6.40. The molecule has 2 aliphatic carbocycles. The molecule has 234 valence electrons. The Balaban J connectivity index is 1.91. The first-order chi connectivity index (χ1) is 20.3. The van der Waals surface area contributed by atoms with E-state index in [1.165, 1.54) is 7.11 Å². The molecule has 5 N–H and O–H groups in total. The van der Waals surface area contributed by atoms with Crippen LogP contribution in [0.25, 0.3) is 0 Å². The van der Waals surface area contributed by atoms with Gasteiger partial charge in [0.1, 0.15) is 24.7 Å². The van der Waals surface area contributed by atoms with Crippen LogP contribution in [-0.4, -0.2) is 82.3 Å². The van der Waals surface area contributed by atoms with Crippen molar-refractivity contribution in [2.45, 2.75) is 89.4 Å². The van der Waals surface area contributed by atoms with Crippen LogP contribution in [0.1, 0.15) is 83.1 Å². The van der Waals surface area contributed by atoms with Gasteiger partial charge in [0.25, 0.3) is 0 Å². The number of aliphatic hydroxyl groups excluding tert-OH is 2. The van der Waals surface area contributed by atoms with Crippen molar-refractivity contribution in [3.05, 3.63) is 35.4 Å². The fourth-order valence-corrected chi connectivity index (χ4v) is 7.36. The molecule has 4 rings (SSSR count). The van der Waals surface area contributed by atoms with Crippen molar-refractivity contribution in [2.24, 2.45) is 22.9 Å². The summed E-state index contributed by atoms with van der Waals surface area (Å²) in [4.78, 5) is 20.6. The van der Waals surface area contributed by atoms with Crippen LogP contribution in [0.3, 0.4) is 0 Å². The van der Waals surface area contributed by atoms with Crippen LogP contribution in [-0.2, 0) is 4.84 Å². The molecule has 0 saturated heterocycles. The zero-order valence-corrected chi connectivity index (χ0v) is 25.3. The molecular formula is C32H49N3O7. The van der Waals surface area contributed by atoms with Gasteiger partial charge in [-0.05, 0) is 74.1 Å². The Morgan fingerprint density at radius 1 is 1.14 bits per heavy atom. The number of unbranched alkanes of at least 4 members (excludes halogenated alkanes) is 2. The highest BCUT2D eigenvalue weighted by Crippen LogP contribution is 2.60. The number of benzene rings is 1. The molecule has 0 aromatic heterocycles. The highest BCUT2D eigenvalue weighted by Gasteiger charge is 2.64. The van der Waals surface area contributed by atoms with Crippen LogP contribution < -0.4 is 10.1 Å². The second kappa shape index (κ2) is 14.6. The summed E-state index contributed by atoms with van der Waals surface area (Å²) >= 11 is 0. The van der Waals surface area contributed by atoms with Crippen molar-refractivity contribution in [1.29, 1.82) is 0 Å². The molecule has 42 heavy (non-hydrogen) atoms. The van der Waals surface area contributed by atoms with Crippen molar-refractivity contribution in [3.8, 4) is 11.5 Å². The van der Waals surface area contributed by atoms with E-state index in [0.717, 1.165) is 43.2 Å². The molecular weight excluding hydrogens is 538 g/mol. The first-order valence-electron chi connectivity index (χ1n) is 15.7. The van der Waals surface area contributed by atoms with E-state index in [2.05, 4.69) is 16.5 Å². The Morgan fingerprint density at radius 2 is 1.88 bits per heavy atom. The molecule has 1 saturated carbocycles. The van der Waals surface area contributed by atoms with E-state index in [4.69, 9.17) is 9.57 Å². The molecule has 0 radical (unpaired) electrons. The zero-order valence-electron chi connectivity index (χ0n) is 25.3. The number of carbonyl (C=O) groups is 1. The minimum absolute atomic E-state index is 0.0658. The highest BCUT2D eigenvalue weighted by molar-refractivity contribution is 6.03. The minimum Gasteiger partial charge on any atom is -0.508 e. The number of oxime groups is 1. The molecule has 6 unspecified atom stereocenters. The number of ether oxygens (including phenoxy) is 1. The van der Waals surface area contributed by atoms with Gasteiger partial charge in [-0.1, -0.05) is 37.9 Å². The van der Waals surface area contributed by atoms with Crippen molar-refractivity contribution in [2.75, 3.05) is 33.4 Å². The van der Waals surface area contributed by atoms with E-state index < -0.39 is 17.7 Å². The monoisotopic (exact) mass is 587 g/mol. The first kappa shape index (κ1) is 32.1. The lowest BCUT2D eigenvalue weighted by Crippen LogP contribution is -2.69. The van der Waals surface area contributed by atoms with Gasteiger partial charge in [0, 0.05) is 44.2 Å². The fourth-order valence-electron chi connectivity index (χ4n) is 7.36. The van der Waals surface area contributed by atoms with Crippen LogP contribution in [0.15, 0.2) is 35.0 Å². The van der Waals surface area contributed by atoms with Crippen LogP contribution in [0.2, 0.25) is 0 Å². The molecule has 0 bridgehead atoms. The second-order valence-electron chi connectivity index (χ2n) is 11.8. The van der Waals surface area contributed by atoms with Gasteiger partial charge in [-0.15, -0.1) is 0 Å². The topological polar surface area (TPSA) is 144 Å². The molecule has 1 fully saturated rings. The first-order valence-corrected chi connectivity index (χ1v) is 15.7. The van der Waals surface area contributed by atoms with E-state index in [9.17, 15) is 25.2 Å². The number of fused-ring (bicyclic) bond motifs is 2. The van der Waals surface area contributed by atoms with E-state index in [1.54, 1.807) is 23.1 Å². The van der Waals surface area contributed by atoms with Crippen molar-refractivity contribution < 1.29 is 34.8 Å². The summed E-state index contributed by atoms with van der Waals surface area (Å²) in [5, 5.41) is 49.9. The average Bonchev–Trinajstić information content (AvgIpc) is 2.97. The average molecular weight is 588 g/mol. The highest BCUT2D eigenvalue weighted by atomic mass is 16.6. The van der Waals surface area contributed by atoms with E-state index >= 15 is 0 Å². The van der Waals surface area contributed by atoms with Crippen molar-refractivity contribution >= 4 is 11.7 Å². The number of nitrogens with one attached hydrogen (secondary N) is 1. The summed E-state index contributed by atoms with van der Waals surface area (Å²) in [5.41, 5.74) is 2.36. The number of carbonyl (C=O) groups excluding carboxylic acids is 1. The number of amides is 2. The number of aliphatic hydroxyl groups is 3. The number of hydrogen-bond donors (Lipinski definition) is 5. The maximum Gasteiger partial charge on any atom is 0.317 e. The lowest BCUT2D eigenvalue weighted by molar-refractivity contribution is -0.228. The van der Waals surface area contributed by atoms with Crippen molar-refractivity contribution in [3.63, 3.8) is 0 Å². The SMILES string of the molecule is CCCNC(=O)N(CCC)C1CC(=NOC)C2=CC(CCCCO)C(CCCCO)C3c4cc(O)ccc4OC1(O)C23. The van der Waals surface area contributed by atoms with Gasteiger partial charge < -0.3 is 40.2 Å². The summed E-state index contributed by atoms with van der Waals surface area (Å²) in [5.74, 6) is -1.76. The zero-order chi connectivity index (χ0) is 30.3. The van der Waals surface area contributed by atoms with E-state index in [1.807, 2.05) is 13.8 Å². The molecule has 0 spiro atoms. The number of nitrogens with zero attached hydrogens (tertiary/aromatic N) is 2. The number of rotatable bonds is 14. The standard InChI is InChI=1S/C32H49N3O7/c1-4-14-33-31(39)35(15-5-2)28-20-26(34-41-3)24-18-21(10-6-8-16-36)23(11-7-9-17-37)29-25-19-22(38)12-13-27(25)42-32(28,40)30(24)29/h12-13,18-19,21,23,28-30,36-38,40H,4-11,14-17,20H2,1-3H3,(H,33,39). The largest absolute Gasteiger partial charge is 0.508 e. The Bertz CT molecular complexity index is 1130. The Kier molecular flexibility index (Phi) is 11.1. The predicted molar refractivity (Wildman–Crippen MR) is 160 cm³/mol. The lowest BCUT2D eigenvalue weighted by atomic mass is 9.55. The fraction of sp³-hybridized carbons (Fsp3) is 0.688. The smallest absolute Gasteiger partial charge is 0.317 e. The normalized spacial score (nSPS) is 28.8. The van der Waals surface area contributed by atoms with Crippen LogP contribution in [0.4, 0.5) is 4.79 Å². The third-order valence-electron chi connectivity index (χ3n) is 9.09. The Hall–Kier alpha value is -2.82. The van der Waals surface area contributed by atoms with Gasteiger partial charge in [0.05, 0.1) is 11.6 Å². The number of urea groups is 1. The minimum atomic E-state index is -1.75. The maximum atomic E-state index is 13.5. The summed E-state index contributed by atoms with van der Waals surface area (Å²) in [6, 6.07) is 4.02. The molecule has 1 aromatic carbocycles. The van der Waals surface area contributed by atoms with Crippen LogP contribution >= 0.6 is 0 Å². The maximum absolute atomic E-state index is 13.5. The van der Waals surface area contributed by atoms with Gasteiger partial charge in [0.15, 0.2) is 0 Å². The number of phenolic OH excluding ortho intramolecular Hbond substituents is 1. The molecule has 2 amide bonds. The quantitative estimate of drug-likeness (QED) is 0.161. The second-order valence-corrected chi connectivity index (χ2v) is 11.8. The van der Waals surface area contributed by atoms with Crippen LogP contribution in [0.5, 0.6) is 11.5 Å². The van der Waals surface area contributed by atoms with Gasteiger partial charge in [-0.3, -0.25) is 0 Å². The summed E-state index contributed by atoms with van der Waals surface area (Å²) in [6.45, 7) is 5.17. The van der Waals surface area contributed by atoms with Crippen molar-refractivity contribution in [1.82, 2.24) is 10.2 Å². The Morgan fingerprint density at radius 3 is 2.55 bits per heavy atom. The molecule has 1 aliphatic heterocycles. The number of phenols is 1. The van der Waals surface area contributed by atoms with Gasteiger partial charge in [-0.25, -0.2) is 4.79 Å². The van der Waals surface area contributed by atoms with Gasteiger partial charge >= 0.3 is 6.03 Å². The predicted octanol–water partition coefficient (Wildman–Crippen LogP) is 4.28. The molecule has 10 heteroatoms. The summed E-state index contributed by atoms with van der Waals surface area (Å²) in [6.07, 6.45) is 8.60. The van der Waals surface area contributed by atoms with Gasteiger partial charge in [0.2, 0.25) is 5.79 Å². The number of aromatic hydroxyl groups is 1. The number of hydrogen-bond acceptors (Lipinski definition) is 8. The van der Waals surface area contributed by atoms with E-state index in [0.29, 0.717) is 43.8 Å². The molecule has 1 aromatic rings. The number of allylic oxidation sites excluding steroid dienone is 1. The summed E-state index contributed by atoms with van der Waals surface area (Å²) in [7, 11) is 1.50. The molecule has 6 atom stereocenters. The lowest BCUT2D eigenvalue weighted by Gasteiger charge is -2.58. The third-order valence-corrected chi connectivity index (χ3v) is 9.09. The molecule has 1 heterocycles. The van der Waals surface area contributed by atoms with Crippen LogP contribution in [0, 0.1) is 17.8 Å². The van der Waals surface area contributed by atoms with E-state index in [-0.39, 0.29) is 49.2 Å². The Labute approximate surface area is 249 Å². The molecule has 3 aliphatic rings.